The van der Waals surface area contributed by atoms with Crippen molar-refractivity contribution in [2.45, 2.75) is 50.0 Å². The zero-order valence-corrected chi connectivity index (χ0v) is 14.0. The van der Waals surface area contributed by atoms with E-state index in [0.717, 1.165) is 18.7 Å². The topological polar surface area (TPSA) is 52.9 Å². The highest BCUT2D eigenvalue weighted by atomic mass is 35.5. The highest BCUT2D eigenvalue weighted by Crippen LogP contribution is 2.40. The Morgan fingerprint density at radius 1 is 1.30 bits per heavy atom. The first kappa shape index (κ1) is 17.1. The fourth-order valence-electron chi connectivity index (χ4n) is 3.71. The second-order valence-electron chi connectivity index (χ2n) is 6.98. The van der Waals surface area contributed by atoms with Crippen molar-refractivity contribution < 1.29 is 19.3 Å². The molecule has 0 radical (unpaired) electrons. The van der Waals surface area contributed by atoms with Crippen LogP contribution in [0, 0.1) is 5.82 Å². The molecule has 2 heterocycles. The number of hydrogen-bond acceptors (Lipinski definition) is 4. The summed E-state index contributed by atoms with van der Waals surface area (Å²) in [5, 5.41) is 21.2. The smallest absolute Gasteiger partial charge is 0.125 e. The number of rotatable bonds is 2. The number of benzene rings is 1. The minimum Gasteiger partial charge on any atom is -0.387 e. The van der Waals surface area contributed by atoms with E-state index >= 15 is 0 Å². The van der Waals surface area contributed by atoms with Gasteiger partial charge in [-0.2, -0.15) is 0 Å². The molecule has 6 heteroatoms. The summed E-state index contributed by atoms with van der Waals surface area (Å²) in [6.45, 7) is 4.19. The minimum absolute atomic E-state index is 0.330. The van der Waals surface area contributed by atoms with Gasteiger partial charge in [-0.05, 0) is 43.5 Å². The number of aliphatic hydroxyl groups excluding tert-OH is 1. The van der Waals surface area contributed by atoms with Crippen LogP contribution in [-0.2, 0) is 11.3 Å². The summed E-state index contributed by atoms with van der Waals surface area (Å²) < 4.78 is 19.3. The van der Waals surface area contributed by atoms with Gasteiger partial charge in [-0.3, -0.25) is 4.90 Å². The monoisotopic (exact) mass is 343 g/mol. The minimum atomic E-state index is -1.10. The molecule has 1 aromatic carbocycles. The molecule has 1 aromatic rings. The Balaban J connectivity index is 1.64. The first-order chi connectivity index (χ1) is 10.8. The molecule has 0 amide bonds. The van der Waals surface area contributed by atoms with Crippen LogP contribution in [0.4, 0.5) is 4.39 Å². The van der Waals surface area contributed by atoms with Gasteiger partial charge in [-0.25, -0.2) is 4.39 Å². The number of nitrogens with zero attached hydrogens (tertiary/aromatic N) is 1. The first-order valence-corrected chi connectivity index (χ1v) is 8.40. The molecule has 0 bridgehead atoms. The summed E-state index contributed by atoms with van der Waals surface area (Å²) in [6, 6.07) is 4.56. The molecule has 0 saturated carbocycles. The van der Waals surface area contributed by atoms with Crippen LogP contribution in [0.25, 0.3) is 0 Å². The average molecular weight is 344 g/mol. The quantitative estimate of drug-likeness (QED) is 0.865. The SMILES string of the molecule is C[C@@]1(O)CCOC2(CCN(Cc3cc(F)cc(Cl)c3)CC2)[C@H]1O. The number of likely N-dealkylation sites (tertiary alicyclic amines) is 1. The molecular formula is C17H23ClFNO3. The molecule has 2 fully saturated rings. The van der Waals surface area contributed by atoms with E-state index in [4.69, 9.17) is 16.3 Å². The molecular weight excluding hydrogens is 321 g/mol. The van der Waals surface area contributed by atoms with Crippen molar-refractivity contribution in [2.24, 2.45) is 0 Å². The van der Waals surface area contributed by atoms with Crippen molar-refractivity contribution >= 4 is 11.6 Å². The van der Waals surface area contributed by atoms with Crippen LogP contribution in [0.5, 0.6) is 0 Å². The van der Waals surface area contributed by atoms with Crippen molar-refractivity contribution in [1.82, 2.24) is 4.90 Å². The lowest BCUT2D eigenvalue weighted by atomic mass is 9.75. The van der Waals surface area contributed by atoms with E-state index in [1.807, 2.05) is 0 Å². The molecule has 0 aliphatic carbocycles. The highest BCUT2D eigenvalue weighted by molar-refractivity contribution is 6.30. The third kappa shape index (κ3) is 3.54. The van der Waals surface area contributed by atoms with E-state index in [9.17, 15) is 14.6 Å². The van der Waals surface area contributed by atoms with Gasteiger partial charge in [0.1, 0.15) is 11.9 Å². The van der Waals surface area contributed by atoms with Crippen LogP contribution >= 0.6 is 11.6 Å². The molecule has 2 saturated heterocycles. The van der Waals surface area contributed by atoms with Gasteiger partial charge in [0, 0.05) is 31.1 Å². The summed E-state index contributed by atoms with van der Waals surface area (Å²) >= 11 is 5.90. The Kier molecular flexibility index (Phi) is 4.69. The summed E-state index contributed by atoms with van der Waals surface area (Å²) in [7, 11) is 0. The summed E-state index contributed by atoms with van der Waals surface area (Å²) in [5.41, 5.74) is -0.933. The molecule has 2 atom stereocenters. The fraction of sp³-hybridized carbons (Fsp3) is 0.647. The molecule has 0 unspecified atom stereocenters. The van der Waals surface area contributed by atoms with Gasteiger partial charge in [-0.15, -0.1) is 0 Å². The zero-order chi connectivity index (χ0) is 16.7. The molecule has 128 valence electrons. The van der Waals surface area contributed by atoms with Crippen molar-refractivity contribution in [3.8, 4) is 0 Å². The second-order valence-corrected chi connectivity index (χ2v) is 7.41. The number of halogens is 2. The van der Waals surface area contributed by atoms with Crippen molar-refractivity contribution in [3.05, 3.63) is 34.6 Å². The Bertz CT molecular complexity index is 553. The Morgan fingerprint density at radius 3 is 2.65 bits per heavy atom. The largest absolute Gasteiger partial charge is 0.387 e. The molecule has 1 spiro atoms. The van der Waals surface area contributed by atoms with Crippen LogP contribution < -0.4 is 0 Å². The molecule has 2 aliphatic rings. The van der Waals surface area contributed by atoms with E-state index in [1.165, 1.54) is 12.1 Å². The van der Waals surface area contributed by atoms with Gasteiger partial charge < -0.3 is 14.9 Å². The van der Waals surface area contributed by atoms with Crippen LogP contribution in [0.15, 0.2) is 18.2 Å². The normalized spacial score (nSPS) is 31.4. The van der Waals surface area contributed by atoms with E-state index < -0.39 is 17.3 Å². The van der Waals surface area contributed by atoms with Crippen molar-refractivity contribution in [3.63, 3.8) is 0 Å². The van der Waals surface area contributed by atoms with Crippen LogP contribution in [0.3, 0.4) is 0 Å². The predicted octanol–water partition coefficient (Wildman–Crippen LogP) is 2.35. The predicted molar refractivity (Wildman–Crippen MR) is 85.9 cm³/mol. The van der Waals surface area contributed by atoms with Gasteiger partial charge in [0.25, 0.3) is 0 Å². The maximum Gasteiger partial charge on any atom is 0.125 e. The van der Waals surface area contributed by atoms with Crippen LogP contribution in [0.2, 0.25) is 5.02 Å². The van der Waals surface area contributed by atoms with Crippen LogP contribution in [-0.4, -0.2) is 52.1 Å². The average Bonchev–Trinajstić information content (AvgIpc) is 2.46. The lowest BCUT2D eigenvalue weighted by Crippen LogP contribution is -2.64. The third-order valence-corrected chi connectivity index (χ3v) is 5.33. The molecule has 2 N–H and O–H groups in total. The maximum atomic E-state index is 13.4. The standard InChI is InChI=1S/C17H23ClFNO3/c1-16(22)4-7-23-17(15(16)21)2-5-20(6-3-17)11-12-8-13(18)10-14(19)9-12/h8-10,15,21-22H,2-7,11H2,1H3/t15-,16+/m0/s1. The number of piperidine rings is 1. The van der Waals surface area contributed by atoms with Crippen molar-refractivity contribution in [2.75, 3.05) is 19.7 Å². The molecule has 23 heavy (non-hydrogen) atoms. The highest BCUT2D eigenvalue weighted by Gasteiger charge is 2.52. The lowest BCUT2D eigenvalue weighted by Gasteiger charge is -2.51. The molecule has 0 aromatic heterocycles. The van der Waals surface area contributed by atoms with Gasteiger partial charge in [0.2, 0.25) is 0 Å². The molecule has 2 aliphatic heterocycles. The van der Waals surface area contributed by atoms with Gasteiger partial charge in [0.15, 0.2) is 0 Å². The Morgan fingerprint density at radius 2 is 2.00 bits per heavy atom. The summed E-state index contributed by atoms with van der Waals surface area (Å²) in [6.07, 6.45) is 0.858. The zero-order valence-electron chi connectivity index (χ0n) is 13.3. The van der Waals surface area contributed by atoms with E-state index in [-0.39, 0.29) is 5.82 Å². The number of aliphatic hydroxyl groups is 2. The number of hydrogen-bond donors (Lipinski definition) is 2. The van der Waals surface area contributed by atoms with Gasteiger partial charge >= 0.3 is 0 Å². The Labute approximate surface area is 140 Å². The van der Waals surface area contributed by atoms with E-state index in [2.05, 4.69) is 4.90 Å². The molecule has 4 nitrogen and oxygen atoms in total. The number of ether oxygens (including phenoxy) is 1. The first-order valence-electron chi connectivity index (χ1n) is 8.02. The Hall–Kier alpha value is -0.720. The summed E-state index contributed by atoms with van der Waals surface area (Å²) in [5.74, 6) is -0.330. The van der Waals surface area contributed by atoms with Crippen molar-refractivity contribution in [1.29, 1.82) is 0 Å². The van der Waals surface area contributed by atoms with Gasteiger partial charge in [-0.1, -0.05) is 11.6 Å². The third-order valence-electron chi connectivity index (χ3n) is 5.12. The lowest BCUT2D eigenvalue weighted by molar-refractivity contribution is -0.246. The fourth-order valence-corrected chi connectivity index (χ4v) is 3.96. The second kappa shape index (κ2) is 6.30. The van der Waals surface area contributed by atoms with E-state index in [1.54, 1.807) is 13.0 Å². The molecule has 3 rings (SSSR count). The van der Waals surface area contributed by atoms with Gasteiger partial charge in [0.05, 0.1) is 17.8 Å². The van der Waals surface area contributed by atoms with E-state index in [0.29, 0.717) is 37.4 Å². The maximum absolute atomic E-state index is 13.4. The summed E-state index contributed by atoms with van der Waals surface area (Å²) in [4.78, 5) is 2.19. The van der Waals surface area contributed by atoms with Crippen LogP contribution in [0.1, 0.15) is 31.7 Å².